The maximum absolute atomic E-state index is 13.6. The van der Waals surface area contributed by atoms with Crippen LogP contribution in [0.5, 0.6) is 0 Å². The number of thiophene rings is 1. The molecule has 1 saturated carbocycles. The van der Waals surface area contributed by atoms with Gasteiger partial charge < -0.3 is 10.2 Å². The molecule has 1 aliphatic heterocycles. The zero-order chi connectivity index (χ0) is 18.0. The van der Waals surface area contributed by atoms with Gasteiger partial charge in [0.2, 0.25) is 5.91 Å². The summed E-state index contributed by atoms with van der Waals surface area (Å²) in [4.78, 5) is 15.8. The minimum Gasteiger partial charge on any atom is -0.334 e. The van der Waals surface area contributed by atoms with Gasteiger partial charge in [0, 0.05) is 12.6 Å². The van der Waals surface area contributed by atoms with E-state index in [4.69, 9.17) is 0 Å². The van der Waals surface area contributed by atoms with Gasteiger partial charge in [-0.3, -0.25) is 4.79 Å². The smallest absolute Gasteiger partial charge is 0.230 e. The maximum Gasteiger partial charge on any atom is 0.230 e. The van der Waals surface area contributed by atoms with Crippen LogP contribution in [-0.4, -0.2) is 29.9 Å². The molecule has 1 spiro atoms. The average molecular weight is 405 g/mol. The number of nitrogens with zero attached hydrogens (tertiary/aromatic N) is 1. The lowest BCUT2D eigenvalue weighted by Crippen LogP contribution is -2.41. The first-order valence-corrected chi connectivity index (χ1v) is 10.7. The minimum atomic E-state index is -0.0331. The fourth-order valence-corrected chi connectivity index (χ4v) is 5.25. The quantitative estimate of drug-likeness (QED) is 0.747. The predicted molar refractivity (Wildman–Crippen MR) is 115 cm³/mol. The van der Waals surface area contributed by atoms with Crippen LogP contribution in [-0.2, 0) is 11.3 Å². The molecule has 2 heterocycles. The first-order valence-electron chi connectivity index (χ1n) is 9.81. The molecule has 5 heteroatoms. The Bertz CT molecular complexity index is 728. The Hall–Kier alpha value is -1.36. The lowest BCUT2D eigenvalue weighted by molar-refractivity contribution is -0.134. The number of carbonyl (C=O) groups excluding carboxylic acids is 1. The van der Waals surface area contributed by atoms with E-state index in [1.54, 1.807) is 11.3 Å². The van der Waals surface area contributed by atoms with Crippen molar-refractivity contribution in [2.75, 3.05) is 13.1 Å². The van der Waals surface area contributed by atoms with Gasteiger partial charge in [0.05, 0.1) is 5.92 Å². The number of halogens is 1. The zero-order valence-corrected chi connectivity index (χ0v) is 17.5. The molecule has 3 nitrogen and oxygen atoms in total. The van der Waals surface area contributed by atoms with Gasteiger partial charge in [0.15, 0.2) is 0 Å². The Morgan fingerprint density at radius 3 is 2.63 bits per heavy atom. The zero-order valence-electron chi connectivity index (χ0n) is 15.9. The van der Waals surface area contributed by atoms with Crippen molar-refractivity contribution in [1.29, 1.82) is 0 Å². The summed E-state index contributed by atoms with van der Waals surface area (Å²) in [7, 11) is 0. The second-order valence-electron chi connectivity index (χ2n) is 7.80. The third-order valence-corrected chi connectivity index (χ3v) is 6.98. The largest absolute Gasteiger partial charge is 0.334 e. The third-order valence-electron chi connectivity index (χ3n) is 6.25. The number of amides is 1. The Kier molecular flexibility index (Phi) is 6.61. The predicted octanol–water partition coefficient (Wildman–Crippen LogP) is 4.83. The van der Waals surface area contributed by atoms with Gasteiger partial charge in [-0.15, -0.1) is 12.4 Å². The van der Waals surface area contributed by atoms with Gasteiger partial charge in [0.25, 0.3) is 0 Å². The van der Waals surface area contributed by atoms with Gasteiger partial charge in [-0.2, -0.15) is 11.3 Å². The summed E-state index contributed by atoms with van der Waals surface area (Å²) in [6.07, 6.45) is 4.43. The van der Waals surface area contributed by atoms with Crippen molar-refractivity contribution < 1.29 is 4.79 Å². The van der Waals surface area contributed by atoms with E-state index in [0.29, 0.717) is 17.4 Å². The van der Waals surface area contributed by atoms with Crippen molar-refractivity contribution in [3.8, 4) is 0 Å². The topological polar surface area (TPSA) is 32.3 Å². The molecule has 1 aromatic carbocycles. The van der Waals surface area contributed by atoms with Gasteiger partial charge in [-0.1, -0.05) is 37.3 Å². The van der Waals surface area contributed by atoms with Crippen LogP contribution in [0, 0.1) is 5.41 Å². The number of piperidine rings is 1. The van der Waals surface area contributed by atoms with Crippen LogP contribution >= 0.6 is 23.7 Å². The molecule has 4 rings (SSSR count). The van der Waals surface area contributed by atoms with E-state index in [1.165, 1.54) is 24.8 Å². The number of rotatable bonds is 6. The van der Waals surface area contributed by atoms with Crippen LogP contribution in [0.4, 0.5) is 0 Å². The van der Waals surface area contributed by atoms with Gasteiger partial charge in [0.1, 0.15) is 0 Å². The summed E-state index contributed by atoms with van der Waals surface area (Å²) >= 11 is 1.72. The molecule has 1 aliphatic carbocycles. The van der Waals surface area contributed by atoms with E-state index >= 15 is 0 Å². The van der Waals surface area contributed by atoms with E-state index in [0.717, 1.165) is 31.6 Å². The van der Waals surface area contributed by atoms with Crippen LogP contribution in [0.2, 0.25) is 0 Å². The summed E-state index contributed by atoms with van der Waals surface area (Å²) in [6.45, 7) is 5.07. The molecule has 1 amide bonds. The molecule has 2 aliphatic rings. The fourth-order valence-electron chi connectivity index (χ4n) is 4.59. The van der Waals surface area contributed by atoms with Crippen molar-refractivity contribution >= 4 is 29.7 Å². The van der Waals surface area contributed by atoms with Crippen molar-refractivity contribution in [3.05, 3.63) is 58.3 Å². The van der Waals surface area contributed by atoms with Crippen LogP contribution in [0.25, 0.3) is 0 Å². The Balaban J connectivity index is 0.00000210. The molecule has 2 atom stereocenters. The van der Waals surface area contributed by atoms with E-state index in [-0.39, 0.29) is 18.3 Å². The molecule has 1 saturated heterocycles. The van der Waals surface area contributed by atoms with Gasteiger partial charge in [-0.05, 0) is 72.1 Å². The third kappa shape index (κ3) is 4.23. The number of hydrogen-bond acceptors (Lipinski definition) is 3. The molecule has 146 valence electrons. The normalized spacial score (nSPS) is 21.3. The van der Waals surface area contributed by atoms with Crippen molar-refractivity contribution in [2.24, 2.45) is 5.41 Å². The molecule has 27 heavy (non-hydrogen) atoms. The highest BCUT2D eigenvalue weighted by atomic mass is 35.5. The van der Waals surface area contributed by atoms with E-state index in [2.05, 4.69) is 46.1 Å². The summed E-state index contributed by atoms with van der Waals surface area (Å²) in [5.41, 5.74) is 2.78. The highest BCUT2D eigenvalue weighted by Gasteiger charge is 2.58. The monoisotopic (exact) mass is 404 g/mol. The van der Waals surface area contributed by atoms with Crippen LogP contribution in [0.3, 0.4) is 0 Å². The van der Waals surface area contributed by atoms with Crippen molar-refractivity contribution in [1.82, 2.24) is 10.2 Å². The Labute approximate surface area is 172 Å². The van der Waals surface area contributed by atoms with Gasteiger partial charge >= 0.3 is 0 Å². The molecule has 1 N–H and O–H groups in total. The molecular formula is C22H29ClN2OS. The van der Waals surface area contributed by atoms with E-state index in [1.807, 2.05) is 18.2 Å². The Morgan fingerprint density at radius 1 is 1.26 bits per heavy atom. The van der Waals surface area contributed by atoms with Crippen molar-refractivity contribution in [2.45, 2.75) is 51.1 Å². The molecule has 2 aromatic rings. The number of nitrogens with one attached hydrogen (secondary N) is 1. The number of carbonyl (C=O) groups is 1. The standard InChI is InChI=1S/C22H28N2OS.ClH/c1-2-19(18-6-4-3-5-7-18)21(25)24(15-17-8-13-26-16-17)20-14-22(20)9-11-23-12-10-22;/h3-8,13,16,19-20,23H,2,9-12,14-15H2,1H3;1H. The molecule has 1 aromatic heterocycles. The lowest BCUT2D eigenvalue weighted by atomic mass is 9.91. The van der Waals surface area contributed by atoms with E-state index in [9.17, 15) is 4.79 Å². The highest BCUT2D eigenvalue weighted by Crippen LogP contribution is 2.56. The number of benzene rings is 1. The summed E-state index contributed by atoms with van der Waals surface area (Å²) in [6, 6.07) is 12.9. The van der Waals surface area contributed by atoms with Crippen LogP contribution < -0.4 is 5.32 Å². The lowest BCUT2D eigenvalue weighted by Gasteiger charge is -2.32. The number of hydrogen-bond donors (Lipinski definition) is 1. The Morgan fingerprint density at radius 2 is 2.00 bits per heavy atom. The second kappa shape index (κ2) is 8.76. The summed E-state index contributed by atoms with van der Waals surface area (Å²) in [5.74, 6) is 0.277. The molecule has 0 bridgehead atoms. The van der Waals surface area contributed by atoms with Crippen molar-refractivity contribution in [3.63, 3.8) is 0 Å². The maximum atomic E-state index is 13.6. The molecule has 2 fully saturated rings. The fraction of sp³-hybridized carbons (Fsp3) is 0.500. The summed E-state index contributed by atoms with van der Waals surface area (Å²) < 4.78 is 0. The van der Waals surface area contributed by atoms with Crippen LogP contribution in [0.1, 0.15) is 49.7 Å². The van der Waals surface area contributed by atoms with E-state index < -0.39 is 0 Å². The highest BCUT2D eigenvalue weighted by molar-refractivity contribution is 7.07. The molecule has 2 unspecified atom stereocenters. The molecule has 0 radical (unpaired) electrons. The molecular weight excluding hydrogens is 376 g/mol. The summed E-state index contributed by atoms with van der Waals surface area (Å²) in [5, 5.41) is 7.77. The first-order chi connectivity index (χ1) is 12.7. The van der Waals surface area contributed by atoms with Gasteiger partial charge in [-0.25, -0.2) is 0 Å². The SMILES string of the molecule is CCC(C(=O)N(Cc1ccsc1)C1CC12CCNCC2)c1ccccc1.Cl. The second-order valence-corrected chi connectivity index (χ2v) is 8.58. The minimum absolute atomic E-state index is 0. The average Bonchev–Trinajstić information content (AvgIpc) is 3.11. The first kappa shape index (κ1) is 20.4. The van der Waals surface area contributed by atoms with Crippen LogP contribution in [0.15, 0.2) is 47.2 Å².